The van der Waals surface area contributed by atoms with Crippen molar-refractivity contribution < 1.29 is 4.79 Å². The highest BCUT2D eigenvalue weighted by molar-refractivity contribution is 6.08. The highest BCUT2D eigenvalue weighted by Gasteiger charge is 2.26. The van der Waals surface area contributed by atoms with E-state index in [4.69, 9.17) is 0 Å². The van der Waals surface area contributed by atoms with Gasteiger partial charge in [0.15, 0.2) is 0 Å². The quantitative estimate of drug-likeness (QED) is 0.650. The van der Waals surface area contributed by atoms with Crippen LogP contribution in [0.15, 0.2) is 48.7 Å². The third-order valence-electron chi connectivity index (χ3n) is 5.08. The molecule has 0 saturated heterocycles. The molecule has 1 saturated carbocycles. The van der Waals surface area contributed by atoms with Crippen molar-refractivity contribution in [3.8, 4) is 0 Å². The first-order valence-corrected chi connectivity index (χ1v) is 9.59. The number of aromatic nitrogens is 1. The van der Waals surface area contributed by atoms with Gasteiger partial charge in [-0.3, -0.25) is 9.78 Å². The molecule has 1 aliphatic rings. The second kappa shape index (κ2) is 7.03. The number of nitrogens with zero attached hydrogens (tertiary/aromatic N) is 1. The van der Waals surface area contributed by atoms with E-state index in [-0.39, 0.29) is 5.91 Å². The number of aryl methyl sites for hydroxylation is 1. The Morgan fingerprint density at radius 1 is 1.15 bits per heavy atom. The Kier molecular flexibility index (Phi) is 4.56. The van der Waals surface area contributed by atoms with Gasteiger partial charge < -0.3 is 10.6 Å². The summed E-state index contributed by atoms with van der Waals surface area (Å²) < 4.78 is 0. The molecule has 138 valence electrons. The fourth-order valence-corrected chi connectivity index (χ4v) is 3.45. The molecule has 0 spiro atoms. The van der Waals surface area contributed by atoms with Gasteiger partial charge in [0, 0.05) is 23.3 Å². The van der Waals surface area contributed by atoms with Crippen LogP contribution >= 0.6 is 0 Å². The van der Waals surface area contributed by atoms with Gasteiger partial charge in [-0.1, -0.05) is 32.0 Å². The number of carbonyl (C=O) groups excluding carboxylic acids is 1. The number of carbonyl (C=O) groups is 1. The van der Waals surface area contributed by atoms with Gasteiger partial charge in [0.05, 0.1) is 16.8 Å². The van der Waals surface area contributed by atoms with E-state index in [2.05, 4.69) is 48.5 Å². The van der Waals surface area contributed by atoms with Crippen molar-refractivity contribution in [2.75, 3.05) is 5.32 Å². The third kappa shape index (κ3) is 3.65. The molecule has 4 nitrogen and oxygen atoms in total. The fourth-order valence-electron chi connectivity index (χ4n) is 3.45. The van der Waals surface area contributed by atoms with Gasteiger partial charge >= 0.3 is 0 Å². The summed E-state index contributed by atoms with van der Waals surface area (Å²) >= 11 is 0. The summed E-state index contributed by atoms with van der Waals surface area (Å²) in [6, 6.07) is 14.6. The second-order valence-electron chi connectivity index (χ2n) is 7.67. The molecule has 0 radical (unpaired) electrons. The summed E-state index contributed by atoms with van der Waals surface area (Å²) in [5, 5.41) is 7.55. The Morgan fingerprint density at radius 3 is 2.56 bits per heavy atom. The molecule has 1 heterocycles. The van der Waals surface area contributed by atoms with Crippen molar-refractivity contribution in [2.45, 2.75) is 45.6 Å². The fraction of sp³-hybridized carbons (Fsp3) is 0.304. The first-order chi connectivity index (χ1) is 13.0. The first kappa shape index (κ1) is 17.5. The normalized spacial score (nSPS) is 13.8. The number of fused-ring (bicyclic) bond motifs is 1. The Balaban J connectivity index is 1.88. The summed E-state index contributed by atoms with van der Waals surface area (Å²) in [6.07, 6.45) is 3.82. The van der Waals surface area contributed by atoms with Gasteiger partial charge in [-0.2, -0.15) is 0 Å². The number of nitrogens with one attached hydrogen (secondary N) is 2. The number of benzene rings is 2. The van der Waals surface area contributed by atoms with E-state index < -0.39 is 0 Å². The molecule has 2 N–H and O–H groups in total. The zero-order valence-electron chi connectivity index (χ0n) is 16.0. The van der Waals surface area contributed by atoms with Crippen LogP contribution < -0.4 is 10.6 Å². The molecular formula is C23H25N3O. The van der Waals surface area contributed by atoms with Gasteiger partial charge in [0.2, 0.25) is 0 Å². The largest absolute Gasteiger partial charge is 0.354 e. The maximum atomic E-state index is 12.8. The maximum absolute atomic E-state index is 12.8. The lowest BCUT2D eigenvalue weighted by atomic mass is 9.94. The van der Waals surface area contributed by atoms with Crippen LogP contribution in [0.2, 0.25) is 0 Å². The zero-order chi connectivity index (χ0) is 19.0. The van der Waals surface area contributed by atoms with E-state index in [1.807, 2.05) is 30.3 Å². The molecule has 0 aliphatic heterocycles. The monoisotopic (exact) mass is 359 g/mol. The van der Waals surface area contributed by atoms with Crippen LogP contribution in [0.25, 0.3) is 10.9 Å². The first-order valence-electron chi connectivity index (χ1n) is 9.59. The molecule has 3 aromatic rings. The molecule has 1 amide bonds. The van der Waals surface area contributed by atoms with E-state index in [9.17, 15) is 4.79 Å². The number of para-hydroxylation sites is 1. The average Bonchev–Trinajstić information content (AvgIpc) is 3.46. The van der Waals surface area contributed by atoms with E-state index in [0.717, 1.165) is 35.1 Å². The summed E-state index contributed by atoms with van der Waals surface area (Å²) in [5.41, 5.74) is 5.78. The van der Waals surface area contributed by atoms with Crippen molar-refractivity contribution in [1.82, 2.24) is 10.3 Å². The number of hydrogen-bond donors (Lipinski definition) is 2. The molecular weight excluding hydrogens is 334 g/mol. The van der Waals surface area contributed by atoms with Gasteiger partial charge in [0.25, 0.3) is 5.91 Å². The molecule has 0 atom stereocenters. The van der Waals surface area contributed by atoms with Crippen LogP contribution in [0, 0.1) is 6.92 Å². The molecule has 2 aromatic carbocycles. The van der Waals surface area contributed by atoms with Crippen LogP contribution in [0.4, 0.5) is 11.4 Å². The SMILES string of the molecule is Cc1cc2ncc(C(=O)NC3CC3)c(Nc3ccccc3)c2cc1C(C)C. The molecule has 27 heavy (non-hydrogen) atoms. The molecule has 0 bridgehead atoms. The van der Waals surface area contributed by atoms with E-state index in [1.54, 1.807) is 6.20 Å². The Morgan fingerprint density at radius 2 is 1.89 bits per heavy atom. The minimum atomic E-state index is -0.0583. The lowest BCUT2D eigenvalue weighted by Crippen LogP contribution is -2.26. The summed E-state index contributed by atoms with van der Waals surface area (Å²) in [6.45, 7) is 6.50. The van der Waals surface area contributed by atoms with Crippen molar-refractivity contribution in [1.29, 1.82) is 0 Å². The Bertz CT molecular complexity index is 991. The third-order valence-corrected chi connectivity index (χ3v) is 5.08. The van der Waals surface area contributed by atoms with Crippen molar-refractivity contribution in [3.63, 3.8) is 0 Å². The highest BCUT2D eigenvalue weighted by Crippen LogP contribution is 2.33. The highest BCUT2D eigenvalue weighted by atomic mass is 16.1. The van der Waals surface area contributed by atoms with Gasteiger partial charge in [-0.15, -0.1) is 0 Å². The van der Waals surface area contributed by atoms with Crippen molar-refractivity contribution in [2.24, 2.45) is 0 Å². The van der Waals surface area contributed by atoms with E-state index in [0.29, 0.717) is 17.5 Å². The van der Waals surface area contributed by atoms with E-state index in [1.165, 1.54) is 11.1 Å². The number of amides is 1. The smallest absolute Gasteiger partial charge is 0.255 e. The predicted octanol–water partition coefficient (Wildman–Crippen LogP) is 5.30. The minimum Gasteiger partial charge on any atom is -0.354 e. The number of anilines is 2. The van der Waals surface area contributed by atoms with Crippen LogP contribution in [-0.4, -0.2) is 16.9 Å². The van der Waals surface area contributed by atoms with Crippen LogP contribution in [0.3, 0.4) is 0 Å². The number of rotatable bonds is 5. The Labute approximate surface area is 160 Å². The summed E-state index contributed by atoms with van der Waals surface area (Å²) in [4.78, 5) is 17.4. The molecule has 0 unspecified atom stereocenters. The van der Waals surface area contributed by atoms with Gasteiger partial charge in [-0.05, 0) is 61.1 Å². The number of pyridine rings is 1. The van der Waals surface area contributed by atoms with E-state index >= 15 is 0 Å². The molecule has 1 aromatic heterocycles. The zero-order valence-corrected chi connectivity index (χ0v) is 16.0. The minimum absolute atomic E-state index is 0.0583. The van der Waals surface area contributed by atoms with Gasteiger partial charge in [0.1, 0.15) is 0 Å². The van der Waals surface area contributed by atoms with Gasteiger partial charge in [-0.25, -0.2) is 0 Å². The lowest BCUT2D eigenvalue weighted by Gasteiger charge is -2.17. The molecule has 4 rings (SSSR count). The van der Waals surface area contributed by atoms with Crippen molar-refractivity contribution in [3.05, 3.63) is 65.4 Å². The molecule has 4 heteroatoms. The summed E-state index contributed by atoms with van der Waals surface area (Å²) in [7, 11) is 0. The standard InChI is InChI=1S/C23H25N3O/c1-14(2)18-12-19-21(11-15(18)3)24-13-20(23(27)26-17-9-10-17)22(19)25-16-7-5-4-6-8-16/h4-8,11-14,17H,9-10H2,1-3H3,(H,24,25)(H,26,27). The number of hydrogen-bond acceptors (Lipinski definition) is 3. The lowest BCUT2D eigenvalue weighted by molar-refractivity contribution is 0.0951. The van der Waals surface area contributed by atoms with Crippen LogP contribution in [0.5, 0.6) is 0 Å². The van der Waals surface area contributed by atoms with Crippen molar-refractivity contribution >= 4 is 28.2 Å². The molecule has 1 aliphatic carbocycles. The Hall–Kier alpha value is -2.88. The second-order valence-corrected chi connectivity index (χ2v) is 7.67. The average molecular weight is 359 g/mol. The van der Waals surface area contributed by atoms with Crippen LogP contribution in [-0.2, 0) is 0 Å². The maximum Gasteiger partial charge on any atom is 0.255 e. The van der Waals surface area contributed by atoms with Crippen LogP contribution in [0.1, 0.15) is 54.1 Å². The summed E-state index contributed by atoms with van der Waals surface area (Å²) in [5.74, 6) is 0.347. The topological polar surface area (TPSA) is 54.0 Å². The predicted molar refractivity (Wildman–Crippen MR) is 111 cm³/mol. The molecule has 1 fully saturated rings.